The summed E-state index contributed by atoms with van der Waals surface area (Å²) >= 11 is 0. The van der Waals surface area contributed by atoms with Crippen molar-refractivity contribution in [2.24, 2.45) is 0 Å². The van der Waals surface area contributed by atoms with Crippen LogP contribution in [0.1, 0.15) is 22.3 Å². The largest absolute Gasteiger partial charge is 0.455 e. The van der Waals surface area contributed by atoms with Crippen molar-refractivity contribution in [2.45, 2.75) is 0 Å². The van der Waals surface area contributed by atoms with Crippen LogP contribution in [0, 0.1) is 45.3 Å². The number of nitrogens with zero attached hydrogens (tertiary/aromatic N) is 6. The zero-order chi connectivity index (χ0) is 34.0. The van der Waals surface area contributed by atoms with E-state index >= 15 is 0 Å². The number of fused-ring (bicyclic) bond motifs is 10. The smallest absolute Gasteiger partial charge is 0.348 e. The van der Waals surface area contributed by atoms with Gasteiger partial charge in [-0.05, 0) is 72.8 Å². The van der Waals surface area contributed by atoms with Crippen molar-refractivity contribution < 1.29 is 14.2 Å². The second-order valence-corrected chi connectivity index (χ2v) is 15.1. The van der Waals surface area contributed by atoms with Gasteiger partial charge in [0.05, 0.1) is 69.3 Å². The van der Waals surface area contributed by atoms with Gasteiger partial charge in [-0.1, -0.05) is 36.4 Å². The van der Waals surface area contributed by atoms with Crippen LogP contribution in [0.5, 0.6) is 34.5 Å². The second kappa shape index (κ2) is 10.8. The van der Waals surface area contributed by atoms with E-state index in [0.29, 0.717) is 68.1 Å². The molecule has 3 heterocycles. The number of anilines is 4. The minimum atomic E-state index is -3.92. The fourth-order valence-corrected chi connectivity index (χ4v) is 12.3. The highest BCUT2D eigenvalue weighted by Gasteiger charge is 2.60. The lowest BCUT2D eigenvalue weighted by Crippen LogP contribution is -2.78. The SMILES string of the molecule is N#Cc1ccc2c(c1)Oc1cc(C#N)ccc1[Si]13c4ccc(C#N)cc4Oc4cc(C#N)ccc4N1c1ccccc1Oc1ccccc1N23. The highest BCUT2D eigenvalue weighted by Crippen LogP contribution is 2.56. The first-order chi connectivity index (χ1) is 24.6. The van der Waals surface area contributed by atoms with Crippen LogP contribution in [-0.2, 0) is 0 Å². The summed E-state index contributed by atoms with van der Waals surface area (Å²) < 4.78 is 24.9. The van der Waals surface area contributed by atoms with Crippen molar-refractivity contribution in [3.05, 3.63) is 144 Å². The molecule has 0 saturated heterocycles. The van der Waals surface area contributed by atoms with Gasteiger partial charge in [0.15, 0.2) is 11.5 Å². The van der Waals surface area contributed by atoms with Crippen molar-refractivity contribution >= 4 is 41.5 Å². The van der Waals surface area contributed by atoms with Crippen molar-refractivity contribution in [1.82, 2.24) is 0 Å². The second-order valence-electron chi connectivity index (χ2n) is 11.8. The molecular formula is C40H20N6O3Si. The maximum absolute atomic E-state index is 10.1. The first-order valence-corrected chi connectivity index (χ1v) is 17.5. The zero-order valence-electron chi connectivity index (χ0n) is 26.0. The number of rotatable bonds is 0. The maximum Gasteiger partial charge on any atom is 0.348 e. The molecule has 6 aromatic rings. The molecule has 0 aromatic heterocycles. The minimum Gasteiger partial charge on any atom is -0.455 e. The Labute approximate surface area is 287 Å². The molecule has 0 fully saturated rings. The summed E-state index contributed by atoms with van der Waals surface area (Å²) in [5.41, 5.74) is 4.33. The Balaban J connectivity index is 1.58. The highest BCUT2D eigenvalue weighted by molar-refractivity contribution is 7.10. The molecular weight excluding hydrogens is 641 g/mol. The molecule has 0 saturated carbocycles. The Kier molecular flexibility index (Phi) is 6.18. The Morgan fingerprint density at radius 1 is 0.380 bits per heavy atom. The molecule has 0 radical (unpaired) electrons. The van der Waals surface area contributed by atoms with E-state index in [-0.39, 0.29) is 0 Å². The lowest BCUT2D eigenvalue weighted by Gasteiger charge is -2.51. The van der Waals surface area contributed by atoms with Crippen molar-refractivity contribution in [2.75, 3.05) is 9.13 Å². The number of hydrogen-bond donors (Lipinski definition) is 0. The Morgan fingerprint density at radius 2 is 0.720 bits per heavy atom. The fourth-order valence-electron chi connectivity index (χ4n) is 7.12. The van der Waals surface area contributed by atoms with Crippen LogP contribution in [0.3, 0.4) is 0 Å². The van der Waals surface area contributed by atoms with Crippen LogP contribution in [0.4, 0.5) is 22.7 Å². The molecule has 0 aliphatic carbocycles. The van der Waals surface area contributed by atoms with E-state index in [0.717, 1.165) is 21.7 Å². The molecule has 232 valence electrons. The lowest BCUT2D eigenvalue weighted by atomic mass is 10.1. The quantitative estimate of drug-likeness (QED) is 0.150. The summed E-state index contributed by atoms with van der Waals surface area (Å²) in [7, 11) is -3.92. The summed E-state index contributed by atoms with van der Waals surface area (Å²) in [6.45, 7) is 0. The van der Waals surface area contributed by atoms with Gasteiger partial charge in [0.1, 0.15) is 23.0 Å². The average Bonchev–Trinajstić information content (AvgIpc) is 3.35. The molecule has 9 rings (SSSR count). The van der Waals surface area contributed by atoms with Gasteiger partial charge in [-0.2, -0.15) is 21.0 Å². The zero-order valence-corrected chi connectivity index (χ0v) is 27.0. The monoisotopic (exact) mass is 660 g/mol. The first-order valence-electron chi connectivity index (χ1n) is 15.6. The molecule has 0 N–H and O–H groups in total. The summed E-state index contributed by atoms with van der Waals surface area (Å²) in [6, 6.07) is 46.0. The predicted octanol–water partition coefficient (Wildman–Crippen LogP) is 7.72. The van der Waals surface area contributed by atoms with Gasteiger partial charge in [0, 0.05) is 22.5 Å². The first kappa shape index (κ1) is 28.7. The third kappa shape index (κ3) is 3.95. The molecule has 0 bridgehead atoms. The number of benzene rings is 6. The summed E-state index contributed by atoms with van der Waals surface area (Å²) in [6.07, 6.45) is 0. The third-order valence-electron chi connectivity index (χ3n) is 9.15. The molecule has 3 aliphatic rings. The van der Waals surface area contributed by atoms with Crippen molar-refractivity contribution in [3.63, 3.8) is 0 Å². The molecule has 1 spiro atoms. The third-order valence-corrected chi connectivity index (χ3v) is 13.7. The molecule has 50 heavy (non-hydrogen) atoms. The minimum absolute atomic E-state index is 0.395. The molecule has 0 amide bonds. The molecule has 6 aromatic carbocycles. The Morgan fingerprint density at radius 3 is 1.14 bits per heavy atom. The summed E-state index contributed by atoms with van der Waals surface area (Å²) in [4.78, 5) is 0. The highest BCUT2D eigenvalue weighted by atomic mass is 28.3. The number of para-hydroxylation sites is 4. The standard InChI is InChI=1S/C40H20N6O3Si/c41-21-25-9-13-31-35(17-25)48-37-19-27(23-43)11-15-39(37)50-40-16-12-28(24-44)20-38(40)49-36-18-26(22-42)10-14-32(36)46(50)30-6-2-4-8-34(30)47-33-7-3-1-5-29(33)45(31)50/h1-20H. The van der Waals surface area contributed by atoms with E-state index in [2.05, 4.69) is 33.4 Å². The number of ether oxygens (including phenoxy) is 3. The van der Waals surface area contributed by atoms with Gasteiger partial charge < -0.3 is 23.3 Å². The van der Waals surface area contributed by atoms with E-state index < -0.39 is 8.40 Å². The predicted molar refractivity (Wildman–Crippen MR) is 187 cm³/mol. The van der Waals surface area contributed by atoms with Gasteiger partial charge in [-0.25, -0.2) is 0 Å². The van der Waals surface area contributed by atoms with Crippen LogP contribution in [0.2, 0.25) is 0 Å². The van der Waals surface area contributed by atoms with Gasteiger partial charge in [0.2, 0.25) is 0 Å². The topological polar surface area (TPSA) is 129 Å². The Hall–Kier alpha value is -7.50. The van der Waals surface area contributed by atoms with Crippen molar-refractivity contribution in [1.29, 1.82) is 21.0 Å². The van der Waals surface area contributed by atoms with Gasteiger partial charge in [-0.3, -0.25) is 0 Å². The fraction of sp³-hybridized carbons (Fsp3) is 0. The van der Waals surface area contributed by atoms with Gasteiger partial charge in [0.25, 0.3) is 0 Å². The van der Waals surface area contributed by atoms with Crippen LogP contribution in [0.15, 0.2) is 121 Å². The van der Waals surface area contributed by atoms with E-state index in [1.54, 1.807) is 48.5 Å². The Bertz CT molecular complexity index is 2450. The molecule has 3 aliphatic heterocycles. The molecule has 9 nitrogen and oxygen atoms in total. The van der Waals surface area contributed by atoms with E-state index in [1.807, 2.05) is 72.8 Å². The molecule has 0 unspecified atom stereocenters. The van der Waals surface area contributed by atoms with Crippen molar-refractivity contribution in [3.8, 4) is 58.8 Å². The number of nitriles is 4. The normalized spacial score (nSPS) is 13.7. The van der Waals surface area contributed by atoms with E-state index in [1.165, 1.54) is 0 Å². The molecule has 10 heteroatoms. The lowest BCUT2D eigenvalue weighted by molar-refractivity contribution is 0.482. The van der Waals surface area contributed by atoms with Crippen LogP contribution >= 0.6 is 0 Å². The maximum atomic E-state index is 10.1. The molecule has 0 atom stereocenters. The summed E-state index contributed by atoms with van der Waals surface area (Å²) in [5, 5.41) is 41.6. The van der Waals surface area contributed by atoms with Crippen LogP contribution in [0.25, 0.3) is 0 Å². The van der Waals surface area contributed by atoms with Gasteiger partial charge in [-0.15, -0.1) is 0 Å². The number of hydrogen-bond acceptors (Lipinski definition) is 9. The summed E-state index contributed by atoms with van der Waals surface area (Å²) in [5.74, 6) is 2.85. The van der Waals surface area contributed by atoms with Crippen LogP contribution < -0.4 is 33.7 Å². The van der Waals surface area contributed by atoms with Gasteiger partial charge >= 0.3 is 8.40 Å². The average molecular weight is 661 g/mol. The van der Waals surface area contributed by atoms with E-state index in [4.69, 9.17) is 14.2 Å². The van der Waals surface area contributed by atoms with Crippen LogP contribution in [-0.4, -0.2) is 8.40 Å². The van der Waals surface area contributed by atoms with E-state index in [9.17, 15) is 21.0 Å².